The van der Waals surface area contributed by atoms with Crippen LogP contribution in [0.4, 0.5) is 0 Å². The van der Waals surface area contributed by atoms with Gasteiger partial charge in [-0.15, -0.1) is 0 Å². The first-order valence-electron chi connectivity index (χ1n) is 11.4. The molecular weight excluding hydrogens is 458 g/mol. The third-order valence-electron chi connectivity index (χ3n) is 5.68. The van der Waals surface area contributed by atoms with Gasteiger partial charge >= 0.3 is 0 Å². The van der Waals surface area contributed by atoms with E-state index in [4.69, 9.17) is 14.7 Å². The Morgan fingerprint density at radius 2 is 1.81 bits per heavy atom. The van der Waals surface area contributed by atoms with Gasteiger partial charge in [-0.3, -0.25) is 14.8 Å². The highest BCUT2D eigenvalue weighted by atomic mass is 16.5. The summed E-state index contributed by atoms with van der Waals surface area (Å²) in [7, 11) is 1.52. The van der Waals surface area contributed by atoms with Crippen LogP contribution in [0.15, 0.2) is 85.1 Å². The lowest BCUT2D eigenvalue weighted by Gasteiger charge is -2.20. The van der Waals surface area contributed by atoms with Gasteiger partial charge in [-0.1, -0.05) is 42.5 Å². The van der Waals surface area contributed by atoms with Crippen molar-refractivity contribution in [3.63, 3.8) is 0 Å². The number of aromatic nitrogens is 1. The largest absolute Gasteiger partial charge is 0.493 e. The van der Waals surface area contributed by atoms with Crippen LogP contribution in [0.3, 0.4) is 0 Å². The van der Waals surface area contributed by atoms with Gasteiger partial charge in [0.25, 0.3) is 11.8 Å². The second-order valence-corrected chi connectivity index (χ2v) is 8.13. The summed E-state index contributed by atoms with van der Waals surface area (Å²) in [6, 6.07) is 22.0. The molecule has 8 heteroatoms. The average molecular weight is 486 g/mol. The van der Waals surface area contributed by atoms with Gasteiger partial charge in [0.05, 0.1) is 13.2 Å². The molecule has 1 heterocycles. The van der Waals surface area contributed by atoms with Crippen molar-refractivity contribution < 1.29 is 24.3 Å². The Balaban J connectivity index is 1.53. The molecule has 4 aromatic rings. The number of hydrogen-bond acceptors (Lipinski definition) is 5. The molecule has 0 fully saturated rings. The van der Waals surface area contributed by atoms with Gasteiger partial charge in [0.1, 0.15) is 6.61 Å². The molecule has 4 rings (SSSR count). The van der Waals surface area contributed by atoms with E-state index >= 15 is 0 Å². The van der Waals surface area contributed by atoms with E-state index in [0.717, 1.165) is 16.5 Å². The molecule has 0 bridgehead atoms. The van der Waals surface area contributed by atoms with Crippen LogP contribution in [-0.4, -0.2) is 41.8 Å². The number of hydrogen-bond donors (Lipinski definition) is 4. The molecule has 0 aliphatic heterocycles. The first-order chi connectivity index (χ1) is 17.6. The van der Waals surface area contributed by atoms with Crippen molar-refractivity contribution in [1.82, 2.24) is 15.8 Å². The summed E-state index contributed by atoms with van der Waals surface area (Å²) in [5.41, 5.74) is 4.91. The van der Waals surface area contributed by atoms with Crippen LogP contribution in [0.1, 0.15) is 21.5 Å². The lowest BCUT2D eigenvalue weighted by molar-refractivity contribution is -0.124. The summed E-state index contributed by atoms with van der Waals surface area (Å²) in [6.45, 7) is 0.205. The predicted molar refractivity (Wildman–Crippen MR) is 137 cm³/mol. The molecule has 4 N–H and O–H groups in total. The molecule has 0 aliphatic carbocycles. The molecule has 0 radical (unpaired) electrons. The summed E-state index contributed by atoms with van der Waals surface area (Å²) in [4.78, 5) is 27.4. The van der Waals surface area contributed by atoms with E-state index < -0.39 is 5.91 Å². The Morgan fingerprint density at radius 3 is 2.58 bits per heavy atom. The number of H-pyrrole nitrogens is 1. The van der Waals surface area contributed by atoms with Gasteiger partial charge in [0.15, 0.2) is 11.5 Å². The van der Waals surface area contributed by atoms with E-state index in [9.17, 15) is 9.59 Å². The first-order valence-corrected chi connectivity index (χ1v) is 11.4. The van der Waals surface area contributed by atoms with Crippen LogP contribution in [0.2, 0.25) is 0 Å². The number of ether oxygens (including phenoxy) is 2. The number of benzene rings is 3. The maximum absolute atomic E-state index is 12.9. The molecule has 0 saturated carbocycles. The quantitative estimate of drug-likeness (QED) is 0.153. The molecule has 36 heavy (non-hydrogen) atoms. The SMILES string of the molecule is COc1cc(/C=C/C(=O)NO)ccc1OC[C@H](Cc1c[nH]c2ccccc12)NC(=O)c1ccccc1. The number of hydroxylamine groups is 1. The zero-order valence-corrected chi connectivity index (χ0v) is 19.7. The molecule has 2 amide bonds. The molecule has 0 spiro atoms. The molecule has 0 saturated heterocycles. The lowest BCUT2D eigenvalue weighted by atomic mass is 10.0. The van der Waals surface area contributed by atoms with Crippen LogP contribution in [-0.2, 0) is 11.2 Å². The molecule has 0 unspecified atom stereocenters. The number of carbonyl (C=O) groups excluding carboxylic acids is 2. The number of amides is 2. The molecule has 8 nitrogen and oxygen atoms in total. The van der Waals surface area contributed by atoms with Crippen molar-refractivity contribution in [3.05, 3.63) is 102 Å². The molecular formula is C28H27N3O5. The first kappa shape index (κ1) is 24.6. The van der Waals surface area contributed by atoms with Gasteiger partial charge < -0.3 is 19.8 Å². The third kappa shape index (κ3) is 6.11. The average Bonchev–Trinajstić information content (AvgIpc) is 3.33. The van der Waals surface area contributed by atoms with Gasteiger partial charge in [0, 0.05) is 28.7 Å². The number of aromatic amines is 1. The summed E-state index contributed by atoms with van der Waals surface area (Å²) >= 11 is 0. The van der Waals surface area contributed by atoms with Gasteiger partial charge in [-0.25, -0.2) is 5.48 Å². The zero-order valence-electron chi connectivity index (χ0n) is 19.7. The fraction of sp³-hybridized carbons (Fsp3) is 0.143. The predicted octanol–water partition coefficient (Wildman–Crippen LogP) is 4.12. The van der Waals surface area contributed by atoms with Crippen molar-refractivity contribution in [3.8, 4) is 11.5 Å². The van der Waals surface area contributed by atoms with E-state index in [-0.39, 0.29) is 18.6 Å². The number of rotatable bonds is 10. The van der Waals surface area contributed by atoms with Crippen LogP contribution in [0.5, 0.6) is 11.5 Å². The summed E-state index contributed by atoms with van der Waals surface area (Å²) in [6.07, 6.45) is 5.25. The maximum Gasteiger partial charge on any atom is 0.267 e. The Hall–Kier alpha value is -4.56. The third-order valence-corrected chi connectivity index (χ3v) is 5.68. The minimum atomic E-state index is -0.636. The van der Waals surface area contributed by atoms with Gasteiger partial charge in [-0.05, 0) is 54.0 Å². The fourth-order valence-corrected chi connectivity index (χ4v) is 3.88. The van der Waals surface area contributed by atoms with E-state index in [1.54, 1.807) is 35.8 Å². The van der Waals surface area contributed by atoms with Gasteiger partial charge in [0.2, 0.25) is 0 Å². The van der Waals surface area contributed by atoms with Crippen molar-refractivity contribution in [1.29, 1.82) is 0 Å². The summed E-state index contributed by atoms with van der Waals surface area (Å²) < 4.78 is 11.6. The number of nitrogens with one attached hydrogen (secondary N) is 3. The van der Waals surface area contributed by atoms with Gasteiger partial charge in [-0.2, -0.15) is 0 Å². The van der Waals surface area contributed by atoms with E-state index in [1.165, 1.54) is 19.3 Å². The summed E-state index contributed by atoms with van der Waals surface area (Å²) in [5, 5.41) is 12.8. The molecule has 184 valence electrons. The minimum Gasteiger partial charge on any atom is -0.493 e. The smallest absolute Gasteiger partial charge is 0.267 e. The van der Waals surface area contributed by atoms with Crippen LogP contribution in [0, 0.1) is 0 Å². The van der Waals surface area contributed by atoms with Crippen molar-refractivity contribution in [2.45, 2.75) is 12.5 Å². The fourth-order valence-electron chi connectivity index (χ4n) is 3.88. The van der Waals surface area contributed by atoms with E-state index in [1.807, 2.05) is 48.7 Å². The van der Waals surface area contributed by atoms with Crippen LogP contribution >= 0.6 is 0 Å². The Labute approximate surface area is 208 Å². The topological polar surface area (TPSA) is 113 Å². The minimum absolute atomic E-state index is 0.182. The lowest BCUT2D eigenvalue weighted by Crippen LogP contribution is -2.40. The van der Waals surface area contributed by atoms with Crippen molar-refractivity contribution >= 4 is 28.8 Å². The molecule has 1 atom stereocenters. The highest BCUT2D eigenvalue weighted by Crippen LogP contribution is 2.29. The standard InChI is InChI=1S/C28H27N3O5/c1-35-26-15-19(12-14-27(32)31-34)11-13-25(26)36-18-22(30-28(33)20-7-3-2-4-8-20)16-21-17-29-24-10-6-5-9-23(21)24/h2-15,17,22,29,34H,16,18H2,1H3,(H,30,33)(H,31,32)/b14-12+/t22-/m0/s1. The van der Waals surface area contributed by atoms with Crippen LogP contribution in [0.25, 0.3) is 17.0 Å². The Bertz CT molecular complexity index is 1360. The molecule has 3 aromatic carbocycles. The number of fused-ring (bicyclic) bond motifs is 1. The van der Waals surface area contributed by atoms with E-state index in [2.05, 4.69) is 10.3 Å². The molecule has 1 aromatic heterocycles. The zero-order chi connectivity index (χ0) is 25.3. The second kappa shape index (κ2) is 11.7. The Kier molecular flexibility index (Phi) is 8.00. The molecule has 0 aliphatic rings. The second-order valence-electron chi connectivity index (χ2n) is 8.13. The maximum atomic E-state index is 12.9. The highest BCUT2D eigenvalue weighted by molar-refractivity contribution is 5.94. The number of methoxy groups -OCH3 is 1. The summed E-state index contributed by atoms with van der Waals surface area (Å²) in [5.74, 6) is 0.156. The number of carbonyl (C=O) groups is 2. The van der Waals surface area contributed by atoms with Crippen molar-refractivity contribution in [2.75, 3.05) is 13.7 Å². The van der Waals surface area contributed by atoms with Crippen molar-refractivity contribution in [2.24, 2.45) is 0 Å². The highest BCUT2D eigenvalue weighted by Gasteiger charge is 2.18. The monoisotopic (exact) mass is 485 g/mol. The normalized spacial score (nSPS) is 11.8. The Morgan fingerprint density at radius 1 is 1.03 bits per heavy atom. The van der Waals surface area contributed by atoms with Crippen LogP contribution < -0.4 is 20.3 Å². The number of para-hydroxylation sites is 1. The van der Waals surface area contributed by atoms with E-state index in [0.29, 0.717) is 29.0 Å².